The molecule has 0 aliphatic heterocycles. The van der Waals surface area contributed by atoms with E-state index in [0.29, 0.717) is 4.47 Å². The molecule has 0 bridgehead atoms. The van der Waals surface area contributed by atoms with E-state index >= 15 is 0 Å². The van der Waals surface area contributed by atoms with Crippen molar-refractivity contribution in [3.63, 3.8) is 0 Å². The summed E-state index contributed by atoms with van der Waals surface area (Å²) in [6.07, 6.45) is -0.221. The van der Waals surface area contributed by atoms with Crippen LogP contribution in [0.15, 0.2) is 16.6 Å². The van der Waals surface area contributed by atoms with Gasteiger partial charge in [0.1, 0.15) is 5.75 Å². The maximum Gasteiger partial charge on any atom is 0.336 e. The number of carboxylic acid groups (broad SMARTS) is 1. The minimum absolute atomic E-state index is 0. The summed E-state index contributed by atoms with van der Waals surface area (Å²) in [7, 11) is 1.20. The zero-order valence-electron chi connectivity index (χ0n) is 9.92. The van der Waals surface area contributed by atoms with Crippen LogP contribution in [0.4, 0.5) is 0 Å². The van der Waals surface area contributed by atoms with Crippen molar-refractivity contribution in [2.75, 3.05) is 7.11 Å². The van der Waals surface area contributed by atoms with Gasteiger partial charge < -0.3 is 20.7 Å². The number of methoxy groups -OCH3 is 1. The third kappa shape index (κ3) is 4.09. The molecule has 106 valence electrons. The van der Waals surface area contributed by atoms with Crippen molar-refractivity contribution in [2.45, 2.75) is 12.5 Å². The first-order valence-corrected chi connectivity index (χ1v) is 5.74. The molecule has 0 aliphatic rings. The minimum atomic E-state index is -1.23. The average Bonchev–Trinajstić information content (AvgIpc) is 2.31. The maximum atomic E-state index is 11.1. The molecule has 6 nitrogen and oxygen atoms in total. The van der Waals surface area contributed by atoms with E-state index in [1.807, 2.05) is 0 Å². The number of phenols is 1. The van der Waals surface area contributed by atoms with Crippen LogP contribution in [0, 0.1) is 0 Å². The van der Waals surface area contributed by atoms with Gasteiger partial charge in [0.05, 0.1) is 23.6 Å². The first-order chi connectivity index (χ1) is 8.38. The summed E-state index contributed by atoms with van der Waals surface area (Å²) in [5.74, 6) is -2.10. The summed E-state index contributed by atoms with van der Waals surface area (Å²) in [5.41, 5.74) is 5.59. The molecule has 1 aromatic rings. The zero-order chi connectivity index (χ0) is 13.9. The number of hydrogen-bond acceptors (Lipinski definition) is 5. The van der Waals surface area contributed by atoms with E-state index in [-0.39, 0.29) is 35.7 Å². The van der Waals surface area contributed by atoms with Gasteiger partial charge in [-0.15, -0.1) is 12.4 Å². The van der Waals surface area contributed by atoms with Crippen LogP contribution in [-0.4, -0.2) is 29.3 Å². The lowest BCUT2D eigenvalue weighted by Gasteiger charge is -2.16. The normalized spacial score (nSPS) is 11.3. The molecule has 0 saturated heterocycles. The molecular weight excluding hydrogens is 341 g/mol. The monoisotopic (exact) mass is 353 g/mol. The van der Waals surface area contributed by atoms with Gasteiger partial charge in [0.25, 0.3) is 0 Å². The molecule has 0 spiro atoms. The van der Waals surface area contributed by atoms with Crippen LogP contribution in [0.25, 0.3) is 0 Å². The quantitative estimate of drug-likeness (QED) is 0.712. The van der Waals surface area contributed by atoms with E-state index in [2.05, 4.69) is 20.7 Å². The number of aromatic carboxylic acids is 1. The zero-order valence-corrected chi connectivity index (χ0v) is 12.3. The van der Waals surface area contributed by atoms with Gasteiger partial charge in [-0.2, -0.15) is 0 Å². The van der Waals surface area contributed by atoms with E-state index in [1.54, 1.807) is 0 Å². The highest BCUT2D eigenvalue weighted by atomic mass is 79.9. The Labute approximate surface area is 124 Å². The van der Waals surface area contributed by atoms with E-state index in [1.165, 1.54) is 19.2 Å². The largest absolute Gasteiger partial charge is 0.506 e. The van der Waals surface area contributed by atoms with Crippen molar-refractivity contribution in [3.8, 4) is 5.75 Å². The van der Waals surface area contributed by atoms with Gasteiger partial charge in [0, 0.05) is 11.6 Å². The first kappa shape index (κ1) is 17.7. The van der Waals surface area contributed by atoms with Crippen molar-refractivity contribution in [3.05, 3.63) is 27.7 Å². The SMILES string of the molecule is COC(=O)C[C@@H](N)c1c(C(=O)O)ccc(Br)c1O.Cl. The number of benzene rings is 1. The molecule has 0 saturated carbocycles. The Morgan fingerprint density at radius 2 is 2.05 bits per heavy atom. The first-order valence-electron chi connectivity index (χ1n) is 4.95. The van der Waals surface area contributed by atoms with E-state index < -0.39 is 18.0 Å². The molecule has 0 aromatic heterocycles. The van der Waals surface area contributed by atoms with Crippen molar-refractivity contribution < 1.29 is 24.5 Å². The molecule has 0 aliphatic carbocycles. The fourth-order valence-electron chi connectivity index (χ4n) is 1.51. The lowest BCUT2D eigenvalue weighted by molar-refractivity contribution is -0.141. The van der Waals surface area contributed by atoms with Crippen LogP contribution in [0.5, 0.6) is 5.75 Å². The van der Waals surface area contributed by atoms with Gasteiger partial charge in [-0.1, -0.05) is 0 Å². The summed E-state index contributed by atoms with van der Waals surface area (Å²) >= 11 is 3.07. The maximum absolute atomic E-state index is 11.1. The molecule has 0 heterocycles. The molecule has 1 aromatic carbocycles. The number of aromatic hydroxyl groups is 1. The highest BCUT2D eigenvalue weighted by Gasteiger charge is 2.23. The Bertz CT molecular complexity index is 494. The number of carbonyl (C=O) groups is 2. The Hall–Kier alpha value is -1.31. The predicted molar refractivity (Wildman–Crippen MR) is 73.6 cm³/mol. The predicted octanol–water partition coefficient (Wildman–Crippen LogP) is 1.84. The van der Waals surface area contributed by atoms with E-state index in [0.717, 1.165) is 0 Å². The van der Waals surface area contributed by atoms with Crippen molar-refractivity contribution in [1.82, 2.24) is 0 Å². The van der Waals surface area contributed by atoms with E-state index in [4.69, 9.17) is 10.8 Å². The summed E-state index contributed by atoms with van der Waals surface area (Å²) in [5, 5.41) is 18.9. The number of carbonyl (C=O) groups excluding carboxylic acids is 1. The molecule has 4 N–H and O–H groups in total. The third-order valence-corrected chi connectivity index (χ3v) is 3.02. The summed E-state index contributed by atoms with van der Waals surface area (Å²) < 4.78 is 4.76. The van der Waals surface area contributed by atoms with Crippen molar-refractivity contribution in [2.24, 2.45) is 5.73 Å². The lowest BCUT2D eigenvalue weighted by atomic mass is 9.97. The van der Waals surface area contributed by atoms with Crippen LogP contribution in [0.3, 0.4) is 0 Å². The van der Waals surface area contributed by atoms with Crippen LogP contribution < -0.4 is 5.73 Å². The van der Waals surface area contributed by atoms with Crippen molar-refractivity contribution in [1.29, 1.82) is 0 Å². The van der Waals surface area contributed by atoms with E-state index in [9.17, 15) is 14.7 Å². The molecular formula is C11H13BrClNO5. The van der Waals surface area contributed by atoms with Gasteiger partial charge in [-0.25, -0.2) is 4.79 Å². The Morgan fingerprint density at radius 1 is 1.47 bits per heavy atom. The summed E-state index contributed by atoms with van der Waals surface area (Å²) in [6, 6.07) is 1.74. The van der Waals surface area contributed by atoms with Crippen LogP contribution >= 0.6 is 28.3 Å². The molecule has 8 heteroatoms. The molecule has 0 fully saturated rings. The molecule has 19 heavy (non-hydrogen) atoms. The number of rotatable bonds is 4. The Morgan fingerprint density at radius 3 is 2.53 bits per heavy atom. The lowest BCUT2D eigenvalue weighted by Crippen LogP contribution is -2.19. The number of esters is 1. The molecule has 0 unspecified atom stereocenters. The standard InChI is InChI=1S/C11H12BrNO5.ClH/c1-18-8(14)4-7(13)9-5(11(16)17)2-3-6(12)10(9)15;/h2-3,7,15H,4,13H2,1H3,(H,16,17);1H/t7-;/m1./s1. The number of ether oxygens (including phenoxy) is 1. The number of carboxylic acids is 1. The Kier molecular flexibility index (Phi) is 6.82. The van der Waals surface area contributed by atoms with Gasteiger partial charge in [-0.05, 0) is 28.1 Å². The van der Waals surface area contributed by atoms with Gasteiger partial charge in [0.2, 0.25) is 0 Å². The summed E-state index contributed by atoms with van der Waals surface area (Å²) in [4.78, 5) is 22.2. The number of hydrogen-bond donors (Lipinski definition) is 3. The fourth-order valence-corrected chi connectivity index (χ4v) is 1.85. The number of halogens is 2. The number of phenolic OH excluding ortho intramolecular Hbond substituents is 1. The number of nitrogens with two attached hydrogens (primary N) is 1. The highest BCUT2D eigenvalue weighted by molar-refractivity contribution is 9.10. The van der Waals surface area contributed by atoms with Gasteiger partial charge in [0.15, 0.2) is 0 Å². The molecule has 0 radical (unpaired) electrons. The molecule has 1 atom stereocenters. The van der Waals surface area contributed by atoms with Crippen molar-refractivity contribution >= 4 is 40.3 Å². The van der Waals surface area contributed by atoms with Crippen LogP contribution in [0.1, 0.15) is 28.4 Å². The topological polar surface area (TPSA) is 110 Å². The molecule has 0 amide bonds. The second kappa shape index (κ2) is 7.32. The third-order valence-electron chi connectivity index (χ3n) is 2.38. The minimum Gasteiger partial charge on any atom is -0.506 e. The average molecular weight is 355 g/mol. The second-order valence-corrected chi connectivity index (χ2v) is 4.40. The van der Waals surface area contributed by atoms with Gasteiger partial charge in [-0.3, -0.25) is 4.79 Å². The highest BCUT2D eigenvalue weighted by Crippen LogP contribution is 2.35. The second-order valence-electron chi connectivity index (χ2n) is 3.55. The van der Waals surface area contributed by atoms with Gasteiger partial charge >= 0.3 is 11.9 Å². The smallest absolute Gasteiger partial charge is 0.336 e. The molecule has 1 rings (SSSR count). The summed E-state index contributed by atoms with van der Waals surface area (Å²) in [6.45, 7) is 0. The Balaban J connectivity index is 0.00000324. The van der Waals surface area contributed by atoms with Crippen LogP contribution in [0.2, 0.25) is 0 Å². The van der Waals surface area contributed by atoms with Crippen LogP contribution in [-0.2, 0) is 9.53 Å². The fraction of sp³-hybridized carbons (Fsp3) is 0.273.